The summed E-state index contributed by atoms with van der Waals surface area (Å²) in [6.45, 7) is 8.54. The molecule has 1 aromatic rings. The number of anilines is 1. The van der Waals surface area contributed by atoms with Gasteiger partial charge in [0.1, 0.15) is 12.1 Å². The molecule has 0 atom stereocenters. The van der Waals surface area contributed by atoms with Crippen molar-refractivity contribution in [3.05, 3.63) is 18.1 Å². The lowest BCUT2D eigenvalue weighted by atomic mass is 9.99. The zero-order valence-electron chi connectivity index (χ0n) is 9.46. The zero-order chi connectivity index (χ0) is 10.6. The summed E-state index contributed by atoms with van der Waals surface area (Å²) in [5, 5.41) is 3.41. The highest BCUT2D eigenvalue weighted by Crippen LogP contribution is 2.17. The smallest absolute Gasteiger partial charge is 0.129 e. The molecule has 0 amide bonds. The molecule has 0 fully saturated rings. The number of nitrogens with zero attached hydrogens (tertiary/aromatic N) is 2. The van der Waals surface area contributed by atoms with E-state index < -0.39 is 0 Å². The Morgan fingerprint density at radius 3 is 2.64 bits per heavy atom. The van der Waals surface area contributed by atoms with Crippen LogP contribution < -0.4 is 5.32 Å². The molecule has 78 valence electrons. The monoisotopic (exact) mass is 193 g/mol. The summed E-state index contributed by atoms with van der Waals surface area (Å²) in [6.07, 6.45) is 3.90. The second kappa shape index (κ2) is 4.40. The van der Waals surface area contributed by atoms with Crippen LogP contribution in [0.4, 0.5) is 5.82 Å². The van der Waals surface area contributed by atoms with E-state index in [0.717, 1.165) is 17.9 Å². The molecule has 0 aliphatic carbocycles. The van der Waals surface area contributed by atoms with Gasteiger partial charge >= 0.3 is 0 Å². The molecule has 1 N–H and O–H groups in total. The van der Waals surface area contributed by atoms with Crippen molar-refractivity contribution in [2.24, 2.45) is 0 Å². The molecule has 3 nitrogen and oxygen atoms in total. The fraction of sp³-hybridized carbons (Fsp3) is 0.636. The minimum Gasteiger partial charge on any atom is -0.365 e. The molecule has 1 aromatic heterocycles. The molecule has 0 aromatic carbocycles. The van der Waals surface area contributed by atoms with Crippen molar-refractivity contribution in [2.45, 2.75) is 46.1 Å². The summed E-state index contributed by atoms with van der Waals surface area (Å²) < 4.78 is 0. The van der Waals surface area contributed by atoms with Gasteiger partial charge < -0.3 is 5.32 Å². The van der Waals surface area contributed by atoms with Crippen LogP contribution in [0, 0.1) is 6.92 Å². The quantitative estimate of drug-likeness (QED) is 0.799. The van der Waals surface area contributed by atoms with Crippen molar-refractivity contribution in [1.82, 2.24) is 9.97 Å². The van der Waals surface area contributed by atoms with Gasteiger partial charge in [-0.25, -0.2) is 9.97 Å². The summed E-state index contributed by atoms with van der Waals surface area (Å²) >= 11 is 0. The Bertz CT molecular complexity index is 294. The first kappa shape index (κ1) is 11.0. The molecule has 0 aliphatic rings. The van der Waals surface area contributed by atoms with Crippen LogP contribution >= 0.6 is 0 Å². The van der Waals surface area contributed by atoms with Crippen LogP contribution in [-0.4, -0.2) is 15.5 Å². The minimum atomic E-state index is 0.107. The molecule has 0 saturated carbocycles. The Morgan fingerprint density at radius 2 is 2.07 bits per heavy atom. The summed E-state index contributed by atoms with van der Waals surface area (Å²) in [6, 6.07) is 1.97. The van der Waals surface area contributed by atoms with Gasteiger partial charge in [0.05, 0.1) is 0 Å². The van der Waals surface area contributed by atoms with Gasteiger partial charge in [-0.15, -0.1) is 0 Å². The van der Waals surface area contributed by atoms with E-state index in [0.29, 0.717) is 0 Å². The number of hydrogen-bond acceptors (Lipinski definition) is 3. The predicted molar refractivity (Wildman–Crippen MR) is 59.4 cm³/mol. The minimum absolute atomic E-state index is 0.107. The Hall–Kier alpha value is -1.12. The SMILES string of the molecule is CCCC(C)(C)Nc1cc(C)ncn1. The highest BCUT2D eigenvalue weighted by atomic mass is 15.1. The normalized spacial score (nSPS) is 11.4. The van der Waals surface area contributed by atoms with Crippen molar-refractivity contribution in [1.29, 1.82) is 0 Å². The standard InChI is InChI=1S/C11H19N3/c1-5-6-11(3,4)14-10-7-9(2)12-8-13-10/h7-8H,5-6H2,1-4H3,(H,12,13,14). The van der Waals surface area contributed by atoms with Gasteiger partial charge in [0.25, 0.3) is 0 Å². The zero-order valence-corrected chi connectivity index (χ0v) is 9.46. The molecular weight excluding hydrogens is 174 g/mol. The molecule has 0 bridgehead atoms. The fourth-order valence-electron chi connectivity index (χ4n) is 1.56. The van der Waals surface area contributed by atoms with Crippen LogP contribution in [0.15, 0.2) is 12.4 Å². The average Bonchev–Trinajstić information content (AvgIpc) is 2.02. The van der Waals surface area contributed by atoms with Crippen LogP contribution in [0.2, 0.25) is 0 Å². The van der Waals surface area contributed by atoms with Gasteiger partial charge in [-0.05, 0) is 27.2 Å². The van der Waals surface area contributed by atoms with Gasteiger partial charge in [-0.1, -0.05) is 13.3 Å². The van der Waals surface area contributed by atoms with E-state index >= 15 is 0 Å². The number of hydrogen-bond donors (Lipinski definition) is 1. The molecule has 1 heterocycles. The van der Waals surface area contributed by atoms with Gasteiger partial charge in [-0.2, -0.15) is 0 Å². The second-order valence-electron chi connectivity index (χ2n) is 4.30. The van der Waals surface area contributed by atoms with E-state index in [1.54, 1.807) is 6.33 Å². The van der Waals surface area contributed by atoms with Crippen molar-refractivity contribution in [2.75, 3.05) is 5.32 Å². The first-order chi connectivity index (χ1) is 6.53. The van der Waals surface area contributed by atoms with Gasteiger partial charge in [0, 0.05) is 17.3 Å². The average molecular weight is 193 g/mol. The van der Waals surface area contributed by atoms with Crippen LogP contribution in [0.5, 0.6) is 0 Å². The molecule has 0 aliphatic heterocycles. The number of nitrogens with one attached hydrogen (secondary N) is 1. The van der Waals surface area contributed by atoms with E-state index in [1.165, 1.54) is 6.42 Å². The lowest BCUT2D eigenvalue weighted by molar-refractivity contribution is 0.509. The van der Waals surface area contributed by atoms with Crippen molar-refractivity contribution < 1.29 is 0 Å². The van der Waals surface area contributed by atoms with E-state index in [2.05, 4.69) is 36.1 Å². The summed E-state index contributed by atoms with van der Waals surface area (Å²) in [4.78, 5) is 8.25. The highest BCUT2D eigenvalue weighted by Gasteiger charge is 2.16. The van der Waals surface area contributed by atoms with Crippen molar-refractivity contribution >= 4 is 5.82 Å². The Balaban J connectivity index is 2.68. The fourth-order valence-corrected chi connectivity index (χ4v) is 1.56. The molecule has 14 heavy (non-hydrogen) atoms. The van der Waals surface area contributed by atoms with E-state index in [1.807, 2.05) is 13.0 Å². The molecule has 0 spiro atoms. The molecule has 1 rings (SSSR count). The number of aromatic nitrogens is 2. The predicted octanol–water partition coefficient (Wildman–Crippen LogP) is 2.78. The van der Waals surface area contributed by atoms with E-state index in [-0.39, 0.29) is 5.54 Å². The van der Waals surface area contributed by atoms with Gasteiger partial charge in [-0.3, -0.25) is 0 Å². The highest BCUT2D eigenvalue weighted by molar-refractivity contribution is 5.37. The summed E-state index contributed by atoms with van der Waals surface area (Å²) in [5.41, 5.74) is 1.10. The molecule has 3 heteroatoms. The van der Waals surface area contributed by atoms with Crippen LogP contribution in [0.25, 0.3) is 0 Å². The first-order valence-electron chi connectivity index (χ1n) is 5.10. The maximum absolute atomic E-state index is 4.18. The Morgan fingerprint density at radius 1 is 1.36 bits per heavy atom. The number of aryl methyl sites for hydroxylation is 1. The lowest BCUT2D eigenvalue weighted by Crippen LogP contribution is -2.30. The lowest BCUT2D eigenvalue weighted by Gasteiger charge is -2.26. The van der Waals surface area contributed by atoms with Crippen molar-refractivity contribution in [3.63, 3.8) is 0 Å². The third-order valence-electron chi connectivity index (χ3n) is 2.15. The maximum Gasteiger partial charge on any atom is 0.129 e. The summed E-state index contributed by atoms with van der Waals surface area (Å²) in [5.74, 6) is 0.913. The van der Waals surface area contributed by atoms with Crippen LogP contribution in [0.1, 0.15) is 39.3 Å². The van der Waals surface area contributed by atoms with E-state index in [9.17, 15) is 0 Å². The largest absolute Gasteiger partial charge is 0.365 e. The topological polar surface area (TPSA) is 37.8 Å². The first-order valence-corrected chi connectivity index (χ1v) is 5.10. The second-order valence-corrected chi connectivity index (χ2v) is 4.30. The van der Waals surface area contributed by atoms with Crippen molar-refractivity contribution in [3.8, 4) is 0 Å². The number of rotatable bonds is 4. The van der Waals surface area contributed by atoms with Crippen LogP contribution in [-0.2, 0) is 0 Å². The maximum atomic E-state index is 4.18. The summed E-state index contributed by atoms with van der Waals surface area (Å²) in [7, 11) is 0. The third kappa shape index (κ3) is 3.32. The Labute approximate surface area is 86.0 Å². The van der Waals surface area contributed by atoms with Gasteiger partial charge in [0.2, 0.25) is 0 Å². The molecule has 0 saturated heterocycles. The van der Waals surface area contributed by atoms with E-state index in [4.69, 9.17) is 0 Å². The third-order valence-corrected chi connectivity index (χ3v) is 2.15. The molecular formula is C11H19N3. The Kier molecular flexibility index (Phi) is 3.44. The molecule has 0 unspecified atom stereocenters. The van der Waals surface area contributed by atoms with Gasteiger partial charge in [0.15, 0.2) is 0 Å². The van der Waals surface area contributed by atoms with Crippen LogP contribution in [0.3, 0.4) is 0 Å². The molecule has 0 radical (unpaired) electrons.